The Kier molecular flexibility index (Phi) is 19.0. The van der Waals surface area contributed by atoms with Crippen molar-refractivity contribution in [2.75, 3.05) is 26.2 Å². The first-order chi connectivity index (χ1) is 9.15. The minimum absolute atomic E-state index is 0.0472. The van der Waals surface area contributed by atoms with Crippen molar-refractivity contribution >= 4 is 5.97 Å². The van der Waals surface area contributed by atoms with Crippen LogP contribution in [0.2, 0.25) is 0 Å². The van der Waals surface area contributed by atoms with E-state index in [2.05, 4.69) is 32.6 Å². The first-order valence-corrected chi connectivity index (χ1v) is 8.03. The maximum Gasteiger partial charge on any atom is 0.305 e. The predicted octanol–water partition coefficient (Wildman–Crippen LogP) is 4.26. The molecule has 0 bridgehead atoms. The monoisotopic (exact) mass is 273 g/mol. The summed E-state index contributed by atoms with van der Waals surface area (Å²) in [5, 5.41) is 0. The Morgan fingerprint density at radius 2 is 1.37 bits per heavy atom. The molecule has 116 valence electrons. The third-order valence-electron chi connectivity index (χ3n) is 3.13. The quantitative estimate of drug-likeness (QED) is 0.440. The number of carbonyl (C=O) groups excluding carboxylic acids is 1. The van der Waals surface area contributed by atoms with Crippen LogP contribution in [0.25, 0.3) is 0 Å². The van der Waals surface area contributed by atoms with E-state index in [0.29, 0.717) is 13.0 Å². The lowest BCUT2D eigenvalue weighted by molar-refractivity contribution is -0.143. The molecule has 0 aromatic carbocycles. The highest BCUT2D eigenvalue weighted by molar-refractivity contribution is 5.69. The molecule has 0 aromatic rings. The molecule has 0 aliphatic carbocycles. The van der Waals surface area contributed by atoms with Gasteiger partial charge in [-0.05, 0) is 33.0 Å². The Hall–Kier alpha value is -0.570. The number of carbonyl (C=O) groups is 1. The van der Waals surface area contributed by atoms with E-state index in [1.165, 1.54) is 38.9 Å². The van der Waals surface area contributed by atoms with Crippen molar-refractivity contribution in [1.82, 2.24) is 4.90 Å². The molecular formula is C16H35NO2. The fourth-order valence-corrected chi connectivity index (χ4v) is 1.78. The maximum atomic E-state index is 10.9. The minimum atomic E-state index is -0.0472. The predicted molar refractivity (Wildman–Crippen MR) is 83.5 cm³/mol. The van der Waals surface area contributed by atoms with Crippen molar-refractivity contribution in [1.29, 1.82) is 0 Å². The topological polar surface area (TPSA) is 29.5 Å². The summed E-state index contributed by atoms with van der Waals surface area (Å²) < 4.78 is 4.81. The van der Waals surface area contributed by atoms with E-state index >= 15 is 0 Å². The number of unbranched alkanes of at least 4 members (excludes halogenated alkanes) is 4. The van der Waals surface area contributed by atoms with Gasteiger partial charge >= 0.3 is 5.97 Å². The van der Waals surface area contributed by atoms with Gasteiger partial charge < -0.3 is 9.64 Å². The summed E-state index contributed by atoms with van der Waals surface area (Å²) >= 11 is 0. The van der Waals surface area contributed by atoms with Gasteiger partial charge in [-0.1, -0.05) is 53.4 Å². The van der Waals surface area contributed by atoms with E-state index in [0.717, 1.165) is 12.8 Å². The van der Waals surface area contributed by atoms with Crippen molar-refractivity contribution in [2.24, 2.45) is 0 Å². The molecule has 0 radical (unpaired) electrons. The summed E-state index contributed by atoms with van der Waals surface area (Å²) in [6.45, 7) is 14.7. The van der Waals surface area contributed by atoms with Gasteiger partial charge in [0, 0.05) is 6.42 Å². The van der Waals surface area contributed by atoms with Crippen LogP contribution in [0, 0.1) is 0 Å². The third-order valence-corrected chi connectivity index (χ3v) is 3.13. The minimum Gasteiger partial charge on any atom is -0.466 e. The van der Waals surface area contributed by atoms with Gasteiger partial charge in [-0.2, -0.15) is 0 Å². The van der Waals surface area contributed by atoms with Gasteiger partial charge in [0.2, 0.25) is 0 Å². The van der Waals surface area contributed by atoms with E-state index in [1.807, 2.05) is 6.92 Å². The van der Waals surface area contributed by atoms with Crippen LogP contribution in [-0.4, -0.2) is 37.1 Å². The summed E-state index contributed by atoms with van der Waals surface area (Å²) in [5.74, 6) is -0.0472. The van der Waals surface area contributed by atoms with Crippen LogP contribution in [0.5, 0.6) is 0 Å². The summed E-state index contributed by atoms with van der Waals surface area (Å²) in [6, 6.07) is 0. The van der Waals surface area contributed by atoms with Gasteiger partial charge in [0.15, 0.2) is 0 Å². The van der Waals surface area contributed by atoms with Crippen LogP contribution in [0.3, 0.4) is 0 Å². The Bertz CT molecular complexity index is 174. The second-order valence-electron chi connectivity index (χ2n) is 4.59. The zero-order chi connectivity index (χ0) is 14.9. The fraction of sp³-hybridized carbons (Fsp3) is 0.938. The van der Waals surface area contributed by atoms with E-state index in [4.69, 9.17) is 4.74 Å². The molecule has 19 heavy (non-hydrogen) atoms. The van der Waals surface area contributed by atoms with E-state index in [-0.39, 0.29) is 5.97 Å². The first-order valence-electron chi connectivity index (χ1n) is 8.03. The van der Waals surface area contributed by atoms with Crippen LogP contribution in [-0.2, 0) is 9.53 Å². The van der Waals surface area contributed by atoms with E-state index in [1.54, 1.807) is 0 Å². The van der Waals surface area contributed by atoms with Gasteiger partial charge in [0.25, 0.3) is 0 Å². The number of hydrogen-bond donors (Lipinski definition) is 0. The molecule has 0 rings (SSSR count). The zero-order valence-electron chi connectivity index (χ0n) is 13.8. The van der Waals surface area contributed by atoms with Gasteiger partial charge in [0.05, 0.1) is 6.61 Å². The van der Waals surface area contributed by atoms with Gasteiger partial charge in [-0.3, -0.25) is 4.79 Å². The molecule has 3 nitrogen and oxygen atoms in total. The second kappa shape index (κ2) is 17.4. The summed E-state index contributed by atoms with van der Waals surface area (Å²) in [7, 11) is 0. The number of hydrogen-bond acceptors (Lipinski definition) is 3. The largest absolute Gasteiger partial charge is 0.466 e. The average molecular weight is 273 g/mol. The molecule has 0 unspecified atom stereocenters. The Labute approximate surface area is 120 Å². The fourth-order valence-electron chi connectivity index (χ4n) is 1.78. The molecule has 0 spiro atoms. The lowest BCUT2D eigenvalue weighted by Crippen LogP contribution is -2.21. The number of ether oxygens (including phenoxy) is 1. The Morgan fingerprint density at radius 3 is 1.74 bits per heavy atom. The first kappa shape index (κ1) is 20.7. The smallest absolute Gasteiger partial charge is 0.305 e. The number of rotatable bonds is 10. The van der Waals surface area contributed by atoms with Crippen molar-refractivity contribution < 1.29 is 9.53 Å². The van der Waals surface area contributed by atoms with Crippen molar-refractivity contribution in [3.05, 3.63) is 0 Å². The van der Waals surface area contributed by atoms with Crippen molar-refractivity contribution in [2.45, 2.75) is 73.1 Å². The second-order valence-corrected chi connectivity index (χ2v) is 4.59. The van der Waals surface area contributed by atoms with Gasteiger partial charge in [-0.15, -0.1) is 0 Å². The molecule has 0 heterocycles. The van der Waals surface area contributed by atoms with Crippen LogP contribution in [0.1, 0.15) is 73.1 Å². The number of esters is 1. The zero-order valence-corrected chi connectivity index (χ0v) is 13.8. The molecule has 0 aliphatic heterocycles. The van der Waals surface area contributed by atoms with Gasteiger partial charge in [0.1, 0.15) is 0 Å². The number of nitrogens with zero attached hydrogens (tertiary/aromatic N) is 1. The Morgan fingerprint density at radius 1 is 0.842 bits per heavy atom. The molecule has 0 aliphatic rings. The SMILES string of the molecule is CCCCCCCC(=O)OCC.CCN(CC)CC. The molecule has 0 saturated heterocycles. The van der Waals surface area contributed by atoms with Crippen LogP contribution in [0.15, 0.2) is 0 Å². The normalized spacial score (nSPS) is 10.0. The maximum absolute atomic E-state index is 10.9. The molecule has 3 heteroatoms. The third kappa shape index (κ3) is 17.4. The average Bonchev–Trinajstić information content (AvgIpc) is 2.41. The molecule has 0 fully saturated rings. The van der Waals surface area contributed by atoms with Crippen molar-refractivity contribution in [3.63, 3.8) is 0 Å². The highest BCUT2D eigenvalue weighted by atomic mass is 16.5. The summed E-state index contributed by atoms with van der Waals surface area (Å²) in [4.78, 5) is 13.2. The van der Waals surface area contributed by atoms with Crippen LogP contribution >= 0.6 is 0 Å². The molecule has 0 saturated carbocycles. The van der Waals surface area contributed by atoms with Crippen LogP contribution < -0.4 is 0 Å². The molecule has 0 amide bonds. The van der Waals surface area contributed by atoms with Crippen molar-refractivity contribution in [3.8, 4) is 0 Å². The lowest BCUT2D eigenvalue weighted by Gasteiger charge is -2.13. The summed E-state index contributed by atoms with van der Waals surface area (Å²) in [6.07, 6.45) is 6.52. The standard InChI is InChI=1S/C10H20O2.C6H15N/c1-3-5-6-7-8-9-10(11)12-4-2;1-4-7(5-2)6-3/h3-9H2,1-2H3;4-6H2,1-3H3. The van der Waals surface area contributed by atoms with Crippen LogP contribution in [0.4, 0.5) is 0 Å². The van der Waals surface area contributed by atoms with E-state index < -0.39 is 0 Å². The lowest BCUT2D eigenvalue weighted by atomic mass is 10.1. The molecule has 0 N–H and O–H groups in total. The molecule has 0 atom stereocenters. The molecular weight excluding hydrogens is 238 g/mol. The van der Waals surface area contributed by atoms with E-state index in [9.17, 15) is 4.79 Å². The summed E-state index contributed by atoms with van der Waals surface area (Å²) in [5.41, 5.74) is 0. The van der Waals surface area contributed by atoms with Gasteiger partial charge in [-0.25, -0.2) is 0 Å². The highest BCUT2D eigenvalue weighted by Gasteiger charge is 1.99. The molecule has 0 aromatic heterocycles. The highest BCUT2D eigenvalue weighted by Crippen LogP contribution is 2.05. The Balaban J connectivity index is 0.